The first-order valence-corrected chi connectivity index (χ1v) is 19.2. The van der Waals surface area contributed by atoms with Crippen LogP contribution in [0.5, 0.6) is 0 Å². The smallest absolute Gasteiger partial charge is 0.0667 e. The van der Waals surface area contributed by atoms with E-state index in [-0.39, 0.29) is 12.2 Å². The van der Waals surface area contributed by atoms with Crippen molar-refractivity contribution < 1.29 is 10.2 Å². The molecule has 248 valence electrons. The SMILES string of the molecule is CCCCCCCCCCCCCCCCCCN(CC(O)CCCCCCCC)CC(O)CCCCCCCC. The van der Waals surface area contributed by atoms with Gasteiger partial charge in [0.15, 0.2) is 0 Å². The highest BCUT2D eigenvalue weighted by molar-refractivity contribution is 4.70. The molecular formula is C38H79NO2. The molecule has 0 rings (SSSR count). The number of rotatable bonds is 35. The summed E-state index contributed by atoms with van der Waals surface area (Å²) < 4.78 is 0. The lowest BCUT2D eigenvalue weighted by atomic mass is 10.0. The van der Waals surface area contributed by atoms with E-state index in [0.29, 0.717) is 0 Å². The van der Waals surface area contributed by atoms with Gasteiger partial charge in [0.2, 0.25) is 0 Å². The third kappa shape index (κ3) is 32.6. The zero-order valence-corrected chi connectivity index (χ0v) is 28.8. The van der Waals surface area contributed by atoms with Gasteiger partial charge in [-0.2, -0.15) is 0 Å². The van der Waals surface area contributed by atoms with Gasteiger partial charge in [0.1, 0.15) is 0 Å². The monoisotopic (exact) mass is 582 g/mol. The van der Waals surface area contributed by atoms with Crippen molar-refractivity contribution in [2.24, 2.45) is 0 Å². The minimum atomic E-state index is -0.247. The molecule has 0 heterocycles. The highest BCUT2D eigenvalue weighted by Crippen LogP contribution is 2.16. The first-order chi connectivity index (χ1) is 20.1. The molecule has 0 aliphatic carbocycles. The Labute approximate surface area is 260 Å². The summed E-state index contributed by atoms with van der Waals surface area (Å²) in [6, 6.07) is 0. The van der Waals surface area contributed by atoms with Gasteiger partial charge >= 0.3 is 0 Å². The quantitative estimate of drug-likeness (QED) is 0.0731. The Hall–Kier alpha value is -0.120. The molecule has 0 aromatic heterocycles. The number of unbranched alkanes of at least 4 members (excludes halogenated alkanes) is 25. The maximum Gasteiger partial charge on any atom is 0.0667 e. The van der Waals surface area contributed by atoms with Crippen LogP contribution in [0.2, 0.25) is 0 Å². The number of hydrogen-bond donors (Lipinski definition) is 2. The van der Waals surface area contributed by atoms with Crippen molar-refractivity contribution >= 4 is 0 Å². The van der Waals surface area contributed by atoms with Crippen LogP contribution in [0.4, 0.5) is 0 Å². The molecule has 3 nitrogen and oxygen atoms in total. The fourth-order valence-electron chi connectivity index (χ4n) is 6.24. The molecule has 2 N–H and O–H groups in total. The maximum absolute atomic E-state index is 10.7. The predicted molar refractivity (Wildman–Crippen MR) is 184 cm³/mol. The molecule has 0 saturated carbocycles. The van der Waals surface area contributed by atoms with Gasteiger partial charge in [-0.1, -0.05) is 194 Å². The number of nitrogens with zero attached hydrogens (tertiary/aromatic N) is 1. The summed E-state index contributed by atoms with van der Waals surface area (Å²) in [7, 11) is 0. The highest BCUT2D eigenvalue weighted by Gasteiger charge is 2.15. The first kappa shape index (κ1) is 40.9. The van der Waals surface area contributed by atoms with Crippen LogP contribution in [0.15, 0.2) is 0 Å². The van der Waals surface area contributed by atoms with Crippen LogP contribution in [0, 0.1) is 0 Å². The Morgan fingerprint density at radius 1 is 0.341 bits per heavy atom. The van der Waals surface area contributed by atoms with E-state index in [2.05, 4.69) is 25.7 Å². The molecule has 0 saturated heterocycles. The van der Waals surface area contributed by atoms with Gasteiger partial charge in [0.25, 0.3) is 0 Å². The average molecular weight is 582 g/mol. The Kier molecular flexibility index (Phi) is 34.3. The second-order valence-corrected chi connectivity index (χ2v) is 13.5. The van der Waals surface area contributed by atoms with E-state index in [1.165, 1.54) is 167 Å². The summed E-state index contributed by atoms with van der Waals surface area (Å²) in [4.78, 5) is 2.38. The lowest BCUT2D eigenvalue weighted by molar-refractivity contribution is 0.0596. The van der Waals surface area contributed by atoms with E-state index in [0.717, 1.165) is 45.3 Å². The molecule has 41 heavy (non-hydrogen) atoms. The largest absolute Gasteiger partial charge is 0.392 e. The number of aliphatic hydroxyl groups is 2. The van der Waals surface area contributed by atoms with Crippen molar-refractivity contribution in [3.63, 3.8) is 0 Å². The third-order valence-corrected chi connectivity index (χ3v) is 9.05. The van der Waals surface area contributed by atoms with Crippen molar-refractivity contribution in [2.45, 2.75) is 226 Å². The zero-order valence-electron chi connectivity index (χ0n) is 28.8. The molecule has 0 fully saturated rings. The fraction of sp³-hybridized carbons (Fsp3) is 1.00. The summed E-state index contributed by atoms with van der Waals surface area (Å²) in [6.07, 6.45) is 39.0. The summed E-state index contributed by atoms with van der Waals surface area (Å²) in [5.74, 6) is 0. The standard InChI is InChI=1S/C38H79NO2/c1-4-7-10-13-16-17-18-19-20-21-22-23-24-25-28-31-34-39(35-37(40)32-29-26-14-11-8-5-2)36-38(41)33-30-27-15-12-9-6-3/h37-38,40-41H,4-36H2,1-3H3. The van der Waals surface area contributed by atoms with E-state index in [4.69, 9.17) is 0 Å². The van der Waals surface area contributed by atoms with Crippen LogP contribution < -0.4 is 0 Å². The van der Waals surface area contributed by atoms with E-state index in [1.807, 2.05) is 0 Å². The molecule has 2 atom stereocenters. The molecule has 0 spiro atoms. The van der Waals surface area contributed by atoms with Gasteiger partial charge < -0.3 is 10.2 Å². The van der Waals surface area contributed by atoms with E-state index >= 15 is 0 Å². The Morgan fingerprint density at radius 2 is 0.585 bits per heavy atom. The molecule has 0 aromatic rings. The summed E-state index contributed by atoms with van der Waals surface area (Å²) in [5.41, 5.74) is 0. The molecular weight excluding hydrogens is 502 g/mol. The van der Waals surface area contributed by atoms with Gasteiger partial charge in [-0.15, -0.1) is 0 Å². The predicted octanol–water partition coefficient (Wildman–Crippen LogP) is 11.8. The maximum atomic E-state index is 10.7. The van der Waals surface area contributed by atoms with Crippen LogP contribution in [-0.4, -0.2) is 47.0 Å². The lowest BCUT2D eigenvalue weighted by Crippen LogP contribution is -2.38. The minimum absolute atomic E-state index is 0.247. The topological polar surface area (TPSA) is 43.7 Å². The van der Waals surface area contributed by atoms with Crippen LogP contribution >= 0.6 is 0 Å². The normalized spacial score (nSPS) is 13.3. The summed E-state index contributed by atoms with van der Waals surface area (Å²) in [5, 5.41) is 21.5. The Morgan fingerprint density at radius 3 is 0.878 bits per heavy atom. The van der Waals surface area contributed by atoms with Crippen LogP contribution in [0.3, 0.4) is 0 Å². The van der Waals surface area contributed by atoms with Crippen molar-refractivity contribution in [2.75, 3.05) is 19.6 Å². The molecule has 0 radical (unpaired) electrons. The Bertz CT molecular complexity index is 447. The van der Waals surface area contributed by atoms with Crippen LogP contribution in [0.1, 0.15) is 213 Å². The van der Waals surface area contributed by atoms with Gasteiger partial charge in [0.05, 0.1) is 12.2 Å². The molecule has 0 bridgehead atoms. The number of aliphatic hydroxyl groups excluding tert-OH is 2. The van der Waals surface area contributed by atoms with Crippen LogP contribution in [0.25, 0.3) is 0 Å². The van der Waals surface area contributed by atoms with Gasteiger partial charge in [-0.05, 0) is 25.8 Å². The third-order valence-electron chi connectivity index (χ3n) is 9.05. The first-order valence-electron chi connectivity index (χ1n) is 19.2. The molecule has 0 aromatic carbocycles. The molecule has 2 unspecified atom stereocenters. The zero-order chi connectivity index (χ0) is 30.1. The second kappa shape index (κ2) is 34.4. The molecule has 0 amide bonds. The lowest BCUT2D eigenvalue weighted by Gasteiger charge is -2.27. The number of hydrogen-bond acceptors (Lipinski definition) is 3. The van der Waals surface area contributed by atoms with E-state index in [9.17, 15) is 10.2 Å². The highest BCUT2D eigenvalue weighted by atomic mass is 16.3. The van der Waals surface area contributed by atoms with Gasteiger partial charge in [-0.25, -0.2) is 0 Å². The average Bonchev–Trinajstić information content (AvgIpc) is 2.96. The molecule has 0 aliphatic heterocycles. The van der Waals surface area contributed by atoms with Crippen molar-refractivity contribution in [3.8, 4) is 0 Å². The second-order valence-electron chi connectivity index (χ2n) is 13.5. The summed E-state index contributed by atoms with van der Waals surface area (Å²) >= 11 is 0. The molecule has 3 heteroatoms. The van der Waals surface area contributed by atoms with Crippen molar-refractivity contribution in [1.82, 2.24) is 4.90 Å². The summed E-state index contributed by atoms with van der Waals surface area (Å²) in [6.45, 7) is 9.32. The van der Waals surface area contributed by atoms with Crippen LogP contribution in [-0.2, 0) is 0 Å². The van der Waals surface area contributed by atoms with E-state index in [1.54, 1.807) is 0 Å². The van der Waals surface area contributed by atoms with Gasteiger partial charge in [0, 0.05) is 13.1 Å². The minimum Gasteiger partial charge on any atom is -0.392 e. The van der Waals surface area contributed by atoms with Crippen molar-refractivity contribution in [3.05, 3.63) is 0 Å². The fourth-order valence-corrected chi connectivity index (χ4v) is 6.24. The van der Waals surface area contributed by atoms with Crippen molar-refractivity contribution in [1.29, 1.82) is 0 Å². The van der Waals surface area contributed by atoms with E-state index < -0.39 is 0 Å². The van der Waals surface area contributed by atoms with Gasteiger partial charge in [-0.3, -0.25) is 4.90 Å². The molecule has 0 aliphatic rings. The Balaban J connectivity index is 4.03.